The van der Waals surface area contributed by atoms with Crippen LogP contribution in [0.5, 0.6) is 0 Å². The first-order valence-corrected chi connectivity index (χ1v) is 8.89. The fourth-order valence-electron chi connectivity index (χ4n) is 3.03. The molecule has 0 aliphatic rings. The van der Waals surface area contributed by atoms with Gasteiger partial charge in [0.15, 0.2) is 5.65 Å². The molecule has 1 atom stereocenters. The minimum Gasteiger partial charge on any atom is -0.481 e. The Morgan fingerprint density at radius 1 is 1.25 bits per heavy atom. The van der Waals surface area contributed by atoms with Gasteiger partial charge in [0.05, 0.1) is 29.9 Å². The highest BCUT2D eigenvalue weighted by atomic mass is 19.1. The van der Waals surface area contributed by atoms with Crippen molar-refractivity contribution in [3.63, 3.8) is 0 Å². The van der Waals surface area contributed by atoms with E-state index < -0.39 is 23.7 Å². The van der Waals surface area contributed by atoms with E-state index in [1.54, 1.807) is 23.9 Å². The van der Waals surface area contributed by atoms with Crippen molar-refractivity contribution in [3.8, 4) is 0 Å². The number of hydrogen-bond acceptors (Lipinski definition) is 4. The summed E-state index contributed by atoms with van der Waals surface area (Å²) in [6.07, 6.45) is 1.32. The molecule has 1 amide bonds. The maximum Gasteiger partial charge on any atom is 0.305 e. The molecule has 0 bridgehead atoms. The second-order valence-electron chi connectivity index (χ2n) is 6.89. The summed E-state index contributed by atoms with van der Waals surface area (Å²) in [7, 11) is 0. The lowest BCUT2D eigenvalue weighted by molar-refractivity contribution is -0.137. The molecule has 2 aromatic heterocycles. The molecular formula is C20H21FN4O3. The molecule has 0 aliphatic carbocycles. The molecule has 0 fully saturated rings. The van der Waals surface area contributed by atoms with Crippen molar-refractivity contribution in [1.29, 1.82) is 0 Å². The van der Waals surface area contributed by atoms with Gasteiger partial charge in [0.25, 0.3) is 5.91 Å². The quantitative estimate of drug-likeness (QED) is 0.679. The molecule has 1 aromatic carbocycles. The van der Waals surface area contributed by atoms with Crippen LogP contribution in [0.4, 0.5) is 4.39 Å². The highest BCUT2D eigenvalue weighted by Gasteiger charge is 2.21. The zero-order valence-electron chi connectivity index (χ0n) is 15.8. The molecule has 0 saturated carbocycles. The smallest absolute Gasteiger partial charge is 0.305 e. The number of rotatable bonds is 6. The minimum atomic E-state index is -1.07. The zero-order valence-corrected chi connectivity index (χ0v) is 15.8. The molecule has 0 spiro atoms. The molecule has 2 heterocycles. The number of carbonyl (C=O) groups is 2. The van der Waals surface area contributed by atoms with E-state index in [2.05, 4.69) is 15.4 Å². The van der Waals surface area contributed by atoms with Crippen LogP contribution in [-0.4, -0.2) is 31.7 Å². The van der Waals surface area contributed by atoms with Crippen molar-refractivity contribution in [2.24, 2.45) is 0 Å². The van der Waals surface area contributed by atoms with E-state index in [-0.39, 0.29) is 12.5 Å². The van der Waals surface area contributed by atoms with Gasteiger partial charge in [0, 0.05) is 11.4 Å². The summed E-state index contributed by atoms with van der Waals surface area (Å²) in [6.45, 7) is 5.70. The maximum atomic E-state index is 13.2. The van der Waals surface area contributed by atoms with Crippen molar-refractivity contribution in [1.82, 2.24) is 20.1 Å². The van der Waals surface area contributed by atoms with Crippen LogP contribution in [-0.2, 0) is 4.79 Å². The van der Waals surface area contributed by atoms with Crippen LogP contribution in [0.3, 0.4) is 0 Å². The second kappa shape index (κ2) is 7.75. The summed E-state index contributed by atoms with van der Waals surface area (Å²) in [6, 6.07) is 6.42. The lowest BCUT2D eigenvalue weighted by Gasteiger charge is -2.18. The van der Waals surface area contributed by atoms with Crippen molar-refractivity contribution in [3.05, 3.63) is 59.2 Å². The van der Waals surface area contributed by atoms with Gasteiger partial charge >= 0.3 is 5.97 Å². The average Bonchev–Trinajstić information content (AvgIpc) is 3.03. The Hall–Kier alpha value is -3.29. The Morgan fingerprint density at radius 3 is 2.54 bits per heavy atom. The van der Waals surface area contributed by atoms with Crippen LogP contribution in [0.25, 0.3) is 11.0 Å². The summed E-state index contributed by atoms with van der Waals surface area (Å²) in [5.41, 5.74) is 2.05. The van der Waals surface area contributed by atoms with Crippen molar-refractivity contribution in [2.75, 3.05) is 0 Å². The van der Waals surface area contributed by atoms with Crippen molar-refractivity contribution < 1.29 is 19.1 Å². The number of halogens is 1. The molecule has 3 aromatic rings. The van der Waals surface area contributed by atoms with E-state index in [0.717, 1.165) is 5.39 Å². The van der Waals surface area contributed by atoms with Crippen LogP contribution >= 0.6 is 0 Å². The Bertz CT molecular complexity index is 1030. The number of aryl methyl sites for hydroxylation is 1. The summed E-state index contributed by atoms with van der Waals surface area (Å²) >= 11 is 0. The first kappa shape index (κ1) is 19.5. The predicted octanol–water partition coefficient (Wildman–Crippen LogP) is 3.41. The first-order valence-electron chi connectivity index (χ1n) is 8.89. The number of aliphatic carboxylic acids is 1. The molecule has 28 heavy (non-hydrogen) atoms. The van der Waals surface area contributed by atoms with Gasteiger partial charge in [-0.05, 0) is 44.5 Å². The van der Waals surface area contributed by atoms with Crippen molar-refractivity contribution >= 4 is 22.9 Å². The van der Waals surface area contributed by atoms with Crippen LogP contribution in [0.1, 0.15) is 54.0 Å². The fourth-order valence-corrected chi connectivity index (χ4v) is 3.03. The molecule has 2 N–H and O–H groups in total. The SMILES string of the molecule is Cc1nc2c(cnn2C(C)C)cc1C(=O)NC(CC(=O)O)c1ccc(F)cc1. The fraction of sp³-hybridized carbons (Fsp3) is 0.300. The number of carboxylic acids is 1. The standard InChI is InChI=1S/C20H21FN4O3/c1-11(2)25-19-14(10-22-25)8-16(12(3)23-19)20(28)24-17(9-18(26)27)13-4-6-15(21)7-5-13/h4-8,10-11,17H,9H2,1-3H3,(H,24,28)(H,26,27). The van der Waals surface area contributed by atoms with E-state index in [9.17, 15) is 19.1 Å². The number of nitrogens with zero attached hydrogens (tertiary/aromatic N) is 3. The van der Waals surface area contributed by atoms with Gasteiger partial charge in [-0.2, -0.15) is 5.10 Å². The Kier molecular flexibility index (Phi) is 5.39. The lowest BCUT2D eigenvalue weighted by atomic mass is 10.0. The Balaban J connectivity index is 1.92. The highest BCUT2D eigenvalue weighted by molar-refractivity contribution is 5.98. The third-order valence-corrected chi connectivity index (χ3v) is 4.45. The number of benzene rings is 1. The van der Waals surface area contributed by atoms with Crippen LogP contribution < -0.4 is 5.32 Å². The zero-order chi connectivity index (χ0) is 20.4. The number of carboxylic acid groups (broad SMARTS) is 1. The maximum absolute atomic E-state index is 13.2. The summed E-state index contributed by atoms with van der Waals surface area (Å²) in [5, 5.41) is 16.9. The summed E-state index contributed by atoms with van der Waals surface area (Å²) in [5.74, 6) is -1.95. The molecule has 1 unspecified atom stereocenters. The van der Waals surface area contributed by atoms with Gasteiger partial charge in [-0.3, -0.25) is 9.59 Å². The second-order valence-corrected chi connectivity index (χ2v) is 6.89. The topological polar surface area (TPSA) is 97.1 Å². The van der Waals surface area contributed by atoms with E-state index in [1.165, 1.54) is 24.3 Å². The number of nitrogens with one attached hydrogen (secondary N) is 1. The van der Waals surface area contributed by atoms with Gasteiger partial charge in [0.2, 0.25) is 0 Å². The third-order valence-electron chi connectivity index (χ3n) is 4.45. The predicted molar refractivity (Wildman–Crippen MR) is 102 cm³/mol. The first-order chi connectivity index (χ1) is 13.3. The van der Waals surface area contributed by atoms with Crippen LogP contribution in [0.2, 0.25) is 0 Å². The number of aromatic nitrogens is 3. The van der Waals surface area contributed by atoms with E-state index in [4.69, 9.17) is 0 Å². The van der Waals surface area contributed by atoms with Crippen LogP contribution in [0.15, 0.2) is 36.5 Å². The van der Waals surface area contributed by atoms with E-state index in [1.807, 2.05) is 13.8 Å². The largest absolute Gasteiger partial charge is 0.481 e. The number of fused-ring (bicyclic) bond motifs is 1. The molecule has 8 heteroatoms. The van der Waals surface area contributed by atoms with Gasteiger partial charge in [-0.15, -0.1) is 0 Å². The van der Waals surface area contributed by atoms with Gasteiger partial charge < -0.3 is 10.4 Å². The number of amides is 1. The molecular weight excluding hydrogens is 363 g/mol. The molecule has 0 saturated heterocycles. The number of pyridine rings is 1. The summed E-state index contributed by atoms with van der Waals surface area (Å²) in [4.78, 5) is 28.6. The Morgan fingerprint density at radius 2 is 1.93 bits per heavy atom. The monoisotopic (exact) mass is 384 g/mol. The highest BCUT2D eigenvalue weighted by Crippen LogP contribution is 2.22. The lowest BCUT2D eigenvalue weighted by Crippen LogP contribution is -2.31. The van der Waals surface area contributed by atoms with Gasteiger partial charge in [0.1, 0.15) is 5.82 Å². The van der Waals surface area contributed by atoms with Gasteiger partial charge in [-0.1, -0.05) is 12.1 Å². The third kappa shape index (κ3) is 4.00. The van der Waals surface area contributed by atoms with Crippen LogP contribution in [0, 0.1) is 12.7 Å². The molecule has 3 rings (SSSR count). The van der Waals surface area contributed by atoms with E-state index in [0.29, 0.717) is 22.5 Å². The molecule has 7 nitrogen and oxygen atoms in total. The molecule has 146 valence electrons. The molecule has 0 aliphatic heterocycles. The summed E-state index contributed by atoms with van der Waals surface area (Å²) < 4.78 is 15.0. The van der Waals surface area contributed by atoms with E-state index >= 15 is 0 Å². The Labute approximate surface area is 161 Å². The molecule has 0 radical (unpaired) electrons. The van der Waals surface area contributed by atoms with Gasteiger partial charge in [-0.25, -0.2) is 14.1 Å². The minimum absolute atomic E-state index is 0.127. The average molecular weight is 384 g/mol. The van der Waals surface area contributed by atoms with Crippen molar-refractivity contribution in [2.45, 2.75) is 39.3 Å². The number of carbonyl (C=O) groups excluding carboxylic acids is 1. The number of hydrogen-bond donors (Lipinski definition) is 2. The normalized spacial score (nSPS) is 12.3.